The van der Waals surface area contributed by atoms with Gasteiger partial charge in [0.05, 0.1) is 11.7 Å². The molecule has 1 aromatic rings. The molecule has 116 valence electrons. The van der Waals surface area contributed by atoms with Crippen LogP contribution in [0.5, 0.6) is 5.75 Å². The number of rotatable bonds is 5. The highest BCUT2D eigenvalue weighted by Crippen LogP contribution is 2.24. The maximum atomic E-state index is 12.3. The number of amides is 1. The number of ether oxygens (including phenoxy) is 1. The lowest BCUT2D eigenvalue weighted by Gasteiger charge is -2.17. The van der Waals surface area contributed by atoms with Crippen molar-refractivity contribution in [3.05, 3.63) is 28.2 Å². The molecule has 6 heteroatoms. The zero-order valence-corrected chi connectivity index (χ0v) is 15.1. The Balaban J connectivity index is 2.85. The molecule has 0 aliphatic heterocycles. The lowest BCUT2D eigenvalue weighted by Crippen LogP contribution is -2.43. The molecule has 1 rings (SSSR count). The zero-order valence-electron chi connectivity index (χ0n) is 12.7. The Labute approximate surface area is 139 Å². The van der Waals surface area contributed by atoms with Gasteiger partial charge in [0, 0.05) is 10.5 Å². The normalized spacial score (nSPS) is 11.9. The Bertz CT molecular complexity index is 520. The molecule has 0 aromatic heterocycles. The van der Waals surface area contributed by atoms with Gasteiger partial charge in [-0.05, 0) is 57.6 Å². The summed E-state index contributed by atoms with van der Waals surface area (Å²) in [5.41, 5.74) is 0.450. The molecule has 0 saturated carbocycles. The van der Waals surface area contributed by atoms with Crippen LogP contribution in [0.1, 0.15) is 44.5 Å². The van der Waals surface area contributed by atoms with Gasteiger partial charge in [0.1, 0.15) is 5.75 Å². The summed E-state index contributed by atoms with van der Waals surface area (Å²) in [4.78, 5) is 12.3. The number of nitrogens with one attached hydrogen (secondary N) is 2. The number of hydrogen-bond donors (Lipinski definition) is 2. The summed E-state index contributed by atoms with van der Waals surface area (Å²) in [6, 6.07) is 5.54. The van der Waals surface area contributed by atoms with Crippen LogP contribution in [0.4, 0.5) is 0 Å². The quantitative estimate of drug-likeness (QED) is 0.774. The Kier molecular flexibility index (Phi) is 7.11. The molecule has 0 radical (unpaired) electrons. The number of carbonyl (C=O) groups excluding carboxylic acids is 1. The SMILES string of the molecule is CCC(C)NC(=S)NC(=O)c1cc(Br)ccc1OC(C)C. The van der Waals surface area contributed by atoms with Crippen molar-refractivity contribution in [2.75, 3.05) is 0 Å². The molecule has 2 N–H and O–H groups in total. The molecule has 21 heavy (non-hydrogen) atoms. The lowest BCUT2D eigenvalue weighted by atomic mass is 10.2. The fourth-order valence-electron chi connectivity index (χ4n) is 1.57. The first kappa shape index (κ1) is 17.9. The average Bonchev–Trinajstić information content (AvgIpc) is 2.39. The fourth-order valence-corrected chi connectivity index (χ4v) is 2.22. The second-order valence-electron chi connectivity index (χ2n) is 5.04. The van der Waals surface area contributed by atoms with Gasteiger partial charge >= 0.3 is 0 Å². The van der Waals surface area contributed by atoms with Crippen LogP contribution >= 0.6 is 28.1 Å². The standard InChI is InChI=1S/C15H21BrN2O2S/c1-5-10(4)17-15(21)18-14(19)12-8-11(16)6-7-13(12)20-9(2)3/h6-10H,5H2,1-4H3,(H2,17,18,19,21). The van der Waals surface area contributed by atoms with E-state index < -0.39 is 0 Å². The summed E-state index contributed by atoms with van der Waals surface area (Å²) in [5, 5.41) is 6.06. The monoisotopic (exact) mass is 372 g/mol. The third-order valence-corrected chi connectivity index (χ3v) is 3.48. The molecule has 1 atom stereocenters. The number of carbonyl (C=O) groups is 1. The van der Waals surface area contributed by atoms with Crippen LogP contribution in [0.2, 0.25) is 0 Å². The van der Waals surface area contributed by atoms with E-state index in [1.54, 1.807) is 12.1 Å². The van der Waals surface area contributed by atoms with E-state index in [-0.39, 0.29) is 18.1 Å². The first-order chi connectivity index (χ1) is 9.83. The van der Waals surface area contributed by atoms with Gasteiger partial charge in [-0.1, -0.05) is 22.9 Å². The summed E-state index contributed by atoms with van der Waals surface area (Å²) in [6.45, 7) is 7.88. The molecular formula is C15H21BrN2O2S. The highest BCUT2D eigenvalue weighted by Gasteiger charge is 2.16. The van der Waals surface area contributed by atoms with E-state index in [0.717, 1.165) is 10.9 Å². The van der Waals surface area contributed by atoms with Crippen molar-refractivity contribution in [2.24, 2.45) is 0 Å². The van der Waals surface area contributed by atoms with Crippen LogP contribution in [0.25, 0.3) is 0 Å². The van der Waals surface area contributed by atoms with Crippen LogP contribution in [0.3, 0.4) is 0 Å². The zero-order chi connectivity index (χ0) is 16.0. The van der Waals surface area contributed by atoms with Crippen LogP contribution < -0.4 is 15.4 Å². The number of benzene rings is 1. The second kappa shape index (κ2) is 8.34. The van der Waals surface area contributed by atoms with Gasteiger partial charge < -0.3 is 10.1 Å². The third-order valence-electron chi connectivity index (χ3n) is 2.77. The Hall–Kier alpha value is -1.14. The molecule has 1 aromatic carbocycles. The molecule has 0 fully saturated rings. The molecule has 0 aliphatic rings. The summed E-state index contributed by atoms with van der Waals surface area (Å²) in [7, 11) is 0. The van der Waals surface area contributed by atoms with Crippen LogP contribution in [0.15, 0.2) is 22.7 Å². The Morgan fingerprint density at radius 2 is 2.05 bits per heavy atom. The molecule has 0 heterocycles. The van der Waals surface area contributed by atoms with E-state index in [9.17, 15) is 4.79 Å². The van der Waals surface area contributed by atoms with Crippen molar-refractivity contribution in [1.29, 1.82) is 0 Å². The lowest BCUT2D eigenvalue weighted by molar-refractivity contribution is 0.0970. The Morgan fingerprint density at radius 1 is 1.38 bits per heavy atom. The van der Waals surface area contributed by atoms with E-state index in [1.807, 2.05) is 33.8 Å². The van der Waals surface area contributed by atoms with Gasteiger partial charge in [0.15, 0.2) is 5.11 Å². The Morgan fingerprint density at radius 3 is 2.62 bits per heavy atom. The molecule has 0 spiro atoms. The van der Waals surface area contributed by atoms with E-state index >= 15 is 0 Å². The second-order valence-corrected chi connectivity index (χ2v) is 6.37. The number of thiocarbonyl (C=S) groups is 1. The van der Waals surface area contributed by atoms with E-state index in [1.165, 1.54) is 0 Å². The van der Waals surface area contributed by atoms with Crippen molar-refractivity contribution in [3.63, 3.8) is 0 Å². The first-order valence-corrected chi connectivity index (χ1v) is 8.11. The highest BCUT2D eigenvalue weighted by atomic mass is 79.9. The number of halogens is 1. The maximum absolute atomic E-state index is 12.3. The summed E-state index contributed by atoms with van der Waals surface area (Å²) >= 11 is 8.51. The topological polar surface area (TPSA) is 50.4 Å². The van der Waals surface area contributed by atoms with Gasteiger partial charge in [-0.2, -0.15) is 0 Å². The first-order valence-electron chi connectivity index (χ1n) is 6.91. The molecule has 0 bridgehead atoms. The third kappa shape index (κ3) is 6.01. The summed E-state index contributed by atoms with van der Waals surface area (Å²) in [6.07, 6.45) is 0.914. The van der Waals surface area contributed by atoms with Crippen LogP contribution in [0, 0.1) is 0 Å². The molecule has 4 nitrogen and oxygen atoms in total. The molecule has 0 saturated heterocycles. The van der Waals surface area contributed by atoms with E-state index in [4.69, 9.17) is 17.0 Å². The van der Waals surface area contributed by atoms with Gasteiger partial charge in [-0.3, -0.25) is 10.1 Å². The minimum Gasteiger partial charge on any atom is -0.490 e. The van der Waals surface area contributed by atoms with Gasteiger partial charge in [-0.25, -0.2) is 0 Å². The molecular weight excluding hydrogens is 352 g/mol. The van der Waals surface area contributed by atoms with Crippen molar-refractivity contribution >= 4 is 39.2 Å². The van der Waals surface area contributed by atoms with Crippen molar-refractivity contribution in [1.82, 2.24) is 10.6 Å². The maximum Gasteiger partial charge on any atom is 0.261 e. The van der Waals surface area contributed by atoms with Crippen molar-refractivity contribution in [3.8, 4) is 5.75 Å². The highest BCUT2D eigenvalue weighted by molar-refractivity contribution is 9.10. The fraction of sp³-hybridized carbons (Fsp3) is 0.467. The van der Waals surface area contributed by atoms with Crippen LogP contribution in [-0.4, -0.2) is 23.2 Å². The minimum atomic E-state index is -0.284. The van der Waals surface area contributed by atoms with Crippen molar-refractivity contribution < 1.29 is 9.53 Å². The van der Waals surface area contributed by atoms with Crippen LogP contribution in [-0.2, 0) is 0 Å². The molecule has 1 amide bonds. The van der Waals surface area contributed by atoms with Gasteiger partial charge in [0.25, 0.3) is 5.91 Å². The van der Waals surface area contributed by atoms with Crippen molar-refractivity contribution in [2.45, 2.75) is 46.3 Å². The molecule has 0 aliphatic carbocycles. The largest absolute Gasteiger partial charge is 0.490 e. The smallest absolute Gasteiger partial charge is 0.261 e. The predicted molar refractivity (Wildman–Crippen MR) is 92.9 cm³/mol. The minimum absolute atomic E-state index is 0.0112. The summed E-state index contributed by atoms with van der Waals surface area (Å²) in [5.74, 6) is 0.254. The van der Waals surface area contributed by atoms with E-state index in [0.29, 0.717) is 16.4 Å². The summed E-state index contributed by atoms with van der Waals surface area (Å²) < 4.78 is 6.47. The molecule has 1 unspecified atom stereocenters. The predicted octanol–water partition coefficient (Wildman–Crippen LogP) is 3.64. The van der Waals surface area contributed by atoms with E-state index in [2.05, 4.69) is 26.6 Å². The van der Waals surface area contributed by atoms with Gasteiger partial charge in [0.2, 0.25) is 0 Å². The number of hydrogen-bond acceptors (Lipinski definition) is 3. The average molecular weight is 373 g/mol. The van der Waals surface area contributed by atoms with Gasteiger partial charge in [-0.15, -0.1) is 0 Å².